The SMILES string of the molecule is COC1CCCN(c2cc(C)nc(C)c2/C(N)=N/O)C1. The Balaban J connectivity index is 2.44. The van der Waals surface area contributed by atoms with E-state index in [1.807, 2.05) is 19.9 Å². The summed E-state index contributed by atoms with van der Waals surface area (Å²) in [6.45, 7) is 5.57. The number of oxime groups is 1. The topological polar surface area (TPSA) is 84.0 Å². The van der Waals surface area contributed by atoms with Gasteiger partial charge in [0, 0.05) is 25.9 Å². The molecule has 1 unspecified atom stereocenters. The monoisotopic (exact) mass is 278 g/mol. The van der Waals surface area contributed by atoms with Gasteiger partial charge in [0.2, 0.25) is 0 Å². The van der Waals surface area contributed by atoms with Crippen molar-refractivity contribution in [1.29, 1.82) is 0 Å². The summed E-state index contributed by atoms with van der Waals surface area (Å²) < 4.78 is 5.46. The molecule has 2 rings (SSSR count). The Kier molecular flexibility index (Phi) is 4.44. The number of amidine groups is 1. The van der Waals surface area contributed by atoms with E-state index in [-0.39, 0.29) is 11.9 Å². The lowest BCUT2D eigenvalue weighted by Crippen LogP contribution is -2.40. The summed E-state index contributed by atoms with van der Waals surface area (Å²) in [6, 6.07) is 1.98. The fraction of sp³-hybridized carbons (Fsp3) is 0.571. The maximum Gasteiger partial charge on any atom is 0.174 e. The van der Waals surface area contributed by atoms with Gasteiger partial charge < -0.3 is 20.6 Å². The highest BCUT2D eigenvalue weighted by Crippen LogP contribution is 2.27. The van der Waals surface area contributed by atoms with Crippen molar-refractivity contribution < 1.29 is 9.94 Å². The molecular formula is C14H22N4O2. The molecule has 1 aliphatic rings. The maximum atomic E-state index is 8.99. The van der Waals surface area contributed by atoms with Crippen molar-refractivity contribution >= 4 is 11.5 Å². The van der Waals surface area contributed by atoms with Crippen LogP contribution in [0, 0.1) is 13.8 Å². The lowest BCUT2D eigenvalue weighted by Gasteiger charge is -2.35. The number of aromatic nitrogens is 1. The number of ether oxygens (including phenoxy) is 1. The first-order chi connectivity index (χ1) is 9.56. The average Bonchev–Trinajstić information content (AvgIpc) is 2.45. The fourth-order valence-electron chi connectivity index (χ4n) is 2.77. The van der Waals surface area contributed by atoms with E-state index < -0.39 is 0 Å². The van der Waals surface area contributed by atoms with Crippen LogP contribution in [0.15, 0.2) is 11.2 Å². The minimum absolute atomic E-state index is 0.101. The first-order valence-corrected chi connectivity index (χ1v) is 6.80. The normalized spacial score (nSPS) is 20.2. The first kappa shape index (κ1) is 14.6. The number of aryl methyl sites for hydroxylation is 2. The minimum Gasteiger partial charge on any atom is -0.409 e. The van der Waals surface area contributed by atoms with Gasteiger partial charge in [-0.15, -0.1) is 0 Å². The van der Waals surface area contributed by atoms with Crippen LogP contribution in [-0.2, 0) is 4.74 Å². The Labute approximate surface area is 119 Å². The molecule has 0 spiro atoms. The Hall–Kier alpha value is -1.82. The summed E-state index contributed by atoms with van der Waals surface area (Å²) in [5.41, 5.74) is 9.19. The summed E-state index contributed by atoms with van der Waals surface area (Å²) in [4.78, 5) is 6.64. The molecule has 0 saturated carbocycles. The zero-order chi connectivity index (χ0) is 14.7. The van der Waals surface area contributed by atoms with E-state index in [0.717, 1.165) is 43.0 Å². The average molecular weight is 278 g/mol. The predicted molar refractivity (Wildman–Crippen MR) is 78.5 cm³/mol. The Morgan fingerprint density at radius 3 is 2.95 bits per heavy atom. The summed E-state index contributed by atoms with van der Waals surface area (Å²) in [6.07, 6.45) is 2.35. The standard InChI is InChI=1S/C14H22N4O2/c1-9-7-12(13(10(2)16-9)14(15)17-19)18-6-4-5-11(8-18)20-3/h7,11,19H,4-6,8H2,1-3H3,(H2,15,17). The Morgan fingerprint density at radius 2 is 2.30 bits per heavy atom. The van der Waals surface area contributed by atoms with Gasteiger partial charge in [-0.3, -0.25) is 4.98 Å². The molecule has 1 saturated heterocycles. The summed E-state index contributed by atoms with van der Waals surface area (Å²) in [5.74, 6) is 0.101. The molecule has 1 aromatic heterocycles. The van der Waals surface area contributed by atoms with Crippen molar-refractivity contribution in [3.63, 3.8) is 0 Å². The molecule has 0 radical (unpaired) electrons. The second-order valence-electron chi connectivity index (χ2n) is 5.17. The van der Waals surface area contributed by atoms with Crippen LogP contribution in [0.3, 0.4) is 0 Å². The number of anilines is 1. The molecule has 1 aliphatic heterocycles. The quantitative estimate of drug-likeness (QED) is 0.378. The van der Waals surface area contributed by atoms with Gasteiger partial charge in [-0.25, -0.2) is 0 Å². The molecule has 3 N–H and O–H groups in total. The predicted octanol–water partition coefficient (Wildman–Crippen LogP) is 1.41. The van der Waals surface area contributed by atoms with Gasteiger partial charge in [0.05, 0.1) is 23.0 Å². The fourth-order valence-corrected chi connectivity index (χ4v) is 2.77. The smallest absolute Gasteiger partial charge is 0.174 e. The third kappa shape index (κ3) is 2.85. The van der Waals surface area contributed by atoms with Gasteiger partial charge in [0.1, 0.15) is 0 Å². The zero-order valence-electron chi connectivity index (χ0n) is 12.3. The number of pyridine rings is 1. The second-order valence-corrected chi connectivity index (χ2v) is 5.17. The highest BCUT2D eigenvalue weighted by atomic mass is 16.5. The highest BCUT2D eigenvalue weighted by Gasteiger charge is 2.24. The second kappa shape index (κ2) is 6.09. The molecule has 6 nitrogen and oxygen atoms in total. The van der Waals surface area contributed by atoms with Crippen LogP contribution in [0.5, 0.6) is 0 Å². The molecule has 0 bridgehead atoms. The number of piperidine rings is 1. The largest absolute Gasteiger partial charge is 0.409 e. The Bertz CT molecular complexity index is 516. The van der Waals surface area contributed by atoms with Crippen molar-refractivity contribution in [1.82, 2.24) is 4.98 Å². The lowest BCUT2D eigenvalue weighted by molar-refractivity contribution is 0.0893. The van der Waals surface area contributed by atoms with Gasteiger partial charge in [-0.2, -0.15) is 0 Å². The van der Waals surface area contributed by atoms with Gasteiger partial charge in [0.15, 0.2) is 5.84 Å². The molecule has 2 heterocycles. The number of nitrogens with two attached hydrogens (primary N) is 1. The maximum absolute atomic E-state index is 8.99. The van der Waals surface area contributed by atoms with Crippen LogP contribution in [0.4, 0.5) is 5.69 Å². The number of hydrogen-bond acceptors (Lipinski definition) is 5. The van der Waals surface area contributed by atoms with E-state index in [9.17, 15) is 0 Å². The molecule has 110 valence electrons. The van der Waals surface area contributed by atoms with E-state index in [1.165, 1.54) is 0 Å². The molecule has 0 amide bonds. The van der Waals surface area contributed by atoms with Gasteiger partial charge in [-0.05, 0) is 32.8 Å². The van der Waals surface area contributed by atoms with Crippen molar-refractivity contribution in [3.8, 4) is 0 Å². The lowest BCUT2D eigenvalue weighted by atomic mass is 10.0. The third-order valence-electron chi connectivity index (χ3n) is 3.72. The van der Waals surface area contributed by atoms with Crippen LogP contribution < -0.4 is 10.6 Å². The summed E-state index contributed by atoms with van der Waals surface area (Å²) >= 11 is 0. The first-order valence-electron chi connectivity index (χ1n) is 6.80. The summed E-state index contributed by atoms with van der Waals surface area (Å²) in [7, 11) is 1.74. The van der Waals surface area contributed by atoms with Crippen molar-refractivity contribution in [2.24, 2.45) is 10.9 Å². The van der Waals surface area contributed by atoms with Crippen molar-refractivity contribution in [2.75, 3.05) is 25.1 Å². The molecule has 1 fully saturated rings. The molecule has 1 atom stereocenters. The number of nitrogens with zero attached hydrogens (tertiary/aromatic N) is 3. The van der Waals surface area contributed by atoms with E-state index in [4.69, 9.17) is 15.7 Å². The van der Waals surface area contributed by atoms with E-state index >= 15 is 0 Å². The Morgan fingerprint density at radius 1 is 1.55 bits per heavy atom. The molecule has 0 aromatic carbocycles. The van der Waals surface area contributed by atoms with Crippen LogP contribution in [0.2, 0.25) is 0 Å². The van der Waals surface area contributed by atoms with Crippen molar-refractivity contribution in [2.45, 2.75) is 32.8 Å². The van der Waals surface area contributed by atoms with E-state index in [2.05, 4.69) is 15.0 Å². The molecule has 0 aliphatic carbocycles. The molecule has 6 heteroatoms. The van der Waals surface area contributed by atoms with Gasteiger partial charge in [-0.1, -0.05) is 5.16 Å². The molecule has 1 aromatic rings. The number of rotatable bonds is 3. The molecular weight excluding hydrogens is 256 g/mol. The zero-order valence-corrected chi connectivity index (χ0v) is 12.3. The van der Waals surface area contributed by atoms with Crippen LogP contribution in [-0.4, -0.2) is 42.3 Å². The van der Waals surface area contributed by atoms with Crippen LogP contribution >= 0.6 is 0 Å². The highest BCUT2D eigenvalue weighted by molar-refractivity contribution is 6.03. The molecule has 20 heavy (non-hydrogen) atoms. The van der Waals surface area contributed by atoms with Gasteiger partial charge >= 0.3 is 0 Å². The van der Waals surface area contributed by atoms with Crippen LogP contribution in [0.25, 0.3) is 0 Å². The van der Waals surface area contributed by atoms with Crippen molar-refractivity contribution in [3.05, 3.63) is 23.0 Å². The minimum atomic E-state index is 0.101. The number of methoxy groups -OCH3 is 1. The summed E-state index contributed by atoms with van der Waals surface area (Å²) in [5, 5.41) is 12.1. The third-order valence-corrected chi connectivity index (χ3v) is 3.72. The van der Waals surface area contributed by atoms with E-state index in [1.54, 1.807) is 7.11 Å². The van der Waals surface area contributed by atoms with E-state index in [0.29, 0.717) is 5.56 Å². The number of hydrogen-bond donors (Lipinski definition) is 2. The van der Waals surface area contributed by atoms with Crippen LogP contribution in [0.1, 0.15) is 29.8 Å². The van der Waals surface area contributed by atoms with Gasteiger partial charge in [0.25, 0.3) is 0 Å².